The molecule has 0 N–H and O–H groups in total. The molecule has 0 aliphatic heterocycles. The summed E-state index contributed by atoms with van der Waals surface area (Å²) in [4.78, 5) is 28.8. The van der Waals surface area contributed by atoms with E-state index >= 15 is 0 Å². The Balaban J connectivity index is 0.000000104. The maximum atomic E-state index is 10.0. The molecule has 0 saturated carbocycles. The zero-order valence-electron chi connectivity index (χ0n) is 73.3. The number of para-hydroxylation sites is 4. The van der Waals surface area contributed by atoms with Crippen LogP contribution in [0.15, 0.2) is 425 Å². The zero-order valence-corrected chi connectivity index (χ0v) is 73.3. The van der Waals surface area contributed by atoms with Crippen molar-refractivity contribution < 1.29 is 0 Å². The summed E-state index contributed by atoms with van der Waals surface area (Å²) < 4.78 is 6.53. The summed E-state index contributed by atoms with van der Waals surface area (Å²) in [5.74, 6) is 1.54. The van der Waals surface area contributed by atoms with Crippen LogP contribution in [0.4, 0.5) is 0 Å². The number of nitriles is 3. The van der Waals surface area contributed by atoms with Crippen LogP contribution in [0.3, 0.4) is 0 Å². The highest BCUT2D eigenvalue weighted by Gasteiger charge is 2.28. The van der Waals surface area contributed by atoms with Crippen LogP contribution in [0.2, 0.25) is 0 Å². The molecule has 21 aromatic carbocycles. The Bertz CT molecular complexity index is 10000. The van der Waals surface area contributed by atoms with E-state index in [0.717, 1.165) is 115 Å². The summed E-state index contributed by atoms with van der Waals surface area (Å²) in [5.41, 5.74) is 31.6. The first-order valence-electron chi connectivity index (χ1n) is 45.8. The van der Waals surface area contributed by atoms with Crippen LogP contribution in [0.1, 0.15) is 17.1 Å². The van der Waals surface area contributed by atoms with Crippen molar-refractivity contribution in [3.8, 4) is 136 Å². The molecule has 6 heterocycles. The summed E-state index contributed by atoms with van der Waals surface area (Å²) in [6.07, 6.45) is 0. The van der Waals surface area contributed by atoms with Gasteiger partial charge in [0.15, 0.2) is 22.9 Å². The van der Waals surface area contributed by atoms with Crippen molar-refractivity contribution in [2.24, 2.45) is 0 Å². The van der Waals surface area contributed by atoms with E-state index in [1.165, 1.54) is 137 Å². The molecule has 12 nitrogen and oxygen atoms in total. The van der Waals surface area contributed by atoms with Crippen LogP contribution < -0.4 is 0 Å². The second-order valence-corrected chi connectivity index (χ2v) is 35.2. The van der Waals surface area contributed by atoms with Crippen molar-refractivity contribution >= 4 is 152 Å². The first-order valence-corrected chi connectivity index (χ1v) is 45.8. The topological polar surface area (TPSA) is 164 Å². The predicted molar refractivity (Wildman–Crippen MR) is 559 cm³/mol. The van der Waals surface area contributed by atoms with E-state index in [9.17, 15) is 15.8 Å². The molecule has 27 aromatic rings. The molecule has 0 fully saturated rings. The Morgan fingerprint density at radius 1 is 0.175 bits per heavy atom. The second kappa shape index (κ2) is 31.0. The molecule has 0 saturated heterocycles. The smallest absolute Gasteiger partial charge is 0.236 e. The summed E-state index contributed by atoms with van der Waals surface area (Å²) in [6, 6.07) is 156. The maximum Gasteiger partial charge on any atom is 0.236 e. The minimum Gasteiger partial charge on any atom is -0.309 e. The van der Waals surface area contributed by atoms with Crippen molar-refractivity contribution in [2.75, 3.05) is 0 Å². The number of hydrogen-bond donors (Lipinski definition) is 0. The lowest BCUT2D eigenvalue weighted by atomic mass is 9.93. The third kappa shape index (κ3) is 12.3. The van der Waals surface area contributed by atoms with E-state index in [2.05, 4.69) is 377 Å². The Labute approximate surface area is 784 Å². The number of hydrogen-bond acceptors (Lipinski definition) is 9. The van der Waals surface area contributed by atoms with Crippen LogP contribution in [-0.2, 0) is 0 Å². The molecular weight excluding hydrogens is 1670 g/mol. The fourth-order valence-electron chi connectivity index (χ4n) is 21.7. The molecule has 2 aliphatic rings. The van der Waals surface area contributed by atoms with Gasteiger partial charge in [0.1, 0.15) is 18.2 Å². The van der Waals surface area contributed by atoms with E-state index in [0.29, 0.717) is 34.8 Å². The van der Waals surface area contributed by atoms with E-state index < -0.39 is 0 Å². The lowest BCUT2D eigenvalue weighted by Gasteiger charge is -2.11. The highest BCUT2D eigenvalue weighted by atomic mass is 15.2. The lowest BCUT2D eigenvalue weighted by molar-refractivity contribution is 1.00. The Kier molecular flexibility index (Phi) is 17.6. The van der Waals surface area contributed by atoms with E-state index in [4.69, 9.17) is 24.9 Å². The first kappa shape index (κ1) is 77.7. The van der Waals surface area contributed by atoms with Crippen LogP contribution in [0.25, 0.3) is 270 Å². The number of rotatable bonds is 8. The van der Waals surface area contributed by atoms with Crippen LogP contribution >= 0.6 is 0 Å². The van der Waals surface area contributed by atoms with Gasteiger partial charge in [0, 0.05) is 59.7 Å². The molecule has 0 atom stereocenters. The molecule has 6 aromatic heterocycles. The molecule has 0 spiro atoms. The third-order valence-corrected chi connectivity index (χ3v) is 27.9. The Morgan fingerprint density at radius 2 is 0.511 bits per heavy atom. The lowest BCUT2D eigenvalue weighted by Crippen LogP contribution is -2.03. The minimum atomic E-state index is 0.370. The molecule has 0 unspecified atom stereocenters. The van der Waals surface area contributed by atoms with Crippen molar-refractivity contribution in [1.29, 1.82) is 15.8 Å². The van der Waals surface area contributed by atoms with Crippen LogP contribution in [0.5, 0.6) is 0 Å². The molecule has 137 heavy (non-hydrogen) atoms. The molecular formula is C125H70N12. The zero-order chi connectivity index (χ0) is 90.6. The Morgan fingerprint density at radius 3 is 1.02 bits per heavy atom. The van der Waals surface area contributed by atoms with Gasteiger partial charge in [-0.25, -0.2) is 29.9 Å². The third-order valence-electron chi connectivity index (χ3n) is 27.9. The van der Waals surface area contributed by atoms with Gasteiger partial charge in [-0.1, -0.05) is 303 Å². The Hall–Kier alpha value is -19.2. The molecule has 630 valence electrons. The molecule has 0 bridgehead atoms. The maximum absolute atomic E-state index is 10.0. The van der Waals surface area contributed by atoms with Crippen molar-refractivity contribution in [3.05, 3.63) is 442 Å². The average Bonchev–Trinajstić information content (AvgIpc) is 1.65. The predicted octanol–water partition coefficient (Wildman–Crippen LogP) is 31.2. The van der Waals surface area contributed by atoms with Gasteiger partial charge in [0.25, 0.3) is 0 Å². The van der Waals surface area contributed by atoms with Gasteiger partial charge >= 0.3 is 0 Å². The average molecular weight is 1740 g/mol. The molecule has 0 amide bonds. The van der Waals surface area contributed by atoms with Crippen molar-refractivity contribution in [1.82, 2.24) is 43.6 Å². The number of fused-ring (bicyclic) bond motifs is 23. The van der Waals surface area contributed by atoms with Crippen molar-refractivity contribution in [3.63, 3.8) is 0 Å². The largest absolute Gasteiger partial charge is 0.309 e. The van der Waals surface area contributed by atoms with E-state index in [1.54, 1.807) is 0 Å². The molecule has 2 aliphatic carbocycles. The molecule has 29 rings (SSSR count). The number of aromatic nitrogens is 9. The second-order valence-electron chi connectivity index (χ2n) is 35.2. The molecule has 12 heteroatoms. The quantitative estimate of drug-likeness (QED) is 0.144. The van der Waals surface area contributed by atoms with Gasteiger partial charge in [-0.2, -0.15) is 15.8 Å². The summed E-state index contributed by atoms with van der Waals surface area (Å²) in [7, 11) is 0. The standard InChI is InChI=1S/C43H24N4.C41H22N4.C41H24N4/c44-25-39-36-11-3-5-14-38(36)45-43(46-39)26-16-19-28(20-17-26)47-40-15-6-4-10-32(40)37-24-27(18-23-41(37)47)29-21-22-35-31-9-2-1-8-30(31)34-13-7-12-33(29)42(34)35;42-23-36-33-12-5-6-15-35(33)43-41(44-36)45-37-20-17-25(22-34(37)40-27-9-2-1-8-24(27)16-21-38(40)45)26-18-19-32-29-11-4-3-10-28(29)31-14-7-13-30(26)39(31)32;42-25-37-34-11-5-6-12-36(34)43-41(44-37)45-38-21-20-32(24-35(38)40-33-10-4-3-8-29(33)19-22-39(40)45)28-15-13-27(14-16-28)31-18-17-26-7-1-2-9-30(26)23-31/h1-24H;1-22H;1-24H. The highest BCUT2D eigenvalue weighted by Crippen LogP contribution is 2.53. The summed E-state index contributed by atoms with van der Waals surface area (Å²) in [6.45, 7) is 0. The summed E-state index contributed by atoms with van der Waals surface area (Å²) >= 11 is 0. The minimum absolute atomic E-state index is 0.370. The molecule has 0 radical (unpaired) electrons. The van der Waals surface area contributed by atoms with Crippen LogP contribution in [0, 0.1) is 34.0 Å². The SMILES string of the molecule is N#Cc1nc(-c2ccc(-n3c4ccccc4c4cc(-c5ccc6c7c(cccc57)-c5ccccc5-6)ccc43)cc2)nc2ccccc12.N#Cc1nc(-n2c3ccc(-c4ccc(-c5ccc6ccccc6c5)cc4)cc3c3c4ccccc4ccc32)nc2ccccc12.N#Cc1nc(-n2c3ccc(-c4ccc5c6c(cccc46)-c4ccccc4-5)cc3c3c4ccccc4ccc32)nc2ccccc12. The van der Waals surface area contributed by atoms with Gasteiger partial charge in [-0.15, -0.1) is 0 Å². The number of benzene rings is 21. The van der Waals surface area contributed by atoms with Gasteiger partial charge in [-0.05, 0) is 264 Å². The van der Waals surface area contributed by atoms with Gasteiger partial charge in [-0.3, -0.25) is 9.13 Å². The van der Waals surface area contributed by atoms with Crippen LogP contribution in [-0.4, -0.2) is 43.6 Å². The van der Waals surface area contributed by atoms with E-state index in [-0.39, 0.29) is 0 Å². The fraction of sp³-hybridized carbons (Fsp3) is 0. The van der Waals surface area contributed by atoms with Gasteiger partial charge < -0.3 is 4.57 Å². The van der Waals surface area contributed by atoms with Gasteiger partial charge in [0.05, 0.1) is 49.7 Å². The highest BCUT2D eigenvalue weighted by molar-refractivity contribution is 6.26. The van der Waals surface area contributed by atoms with E-state index in [1.807, 2.05) is 84.9 Å². The van der Waals surface area contributed by atoms with Crippen molar-refractivity contribution in [2.45, 2.75) is 0 Å². The number of nitrogens with zero attached hydrogens (tertiary/aromatic N) is 12. The first-order chi connectivity index (χ1) is 67.8. The van der Waals surface area contributed by atoms with Gasteiger partial charge in [0.2, 0.25) is 11.9 Å². The fourth-order valence-corrected chi connectivity index (χ4v) is 21.7. The normalized spacial score (nSPS) is 11.8. The summed E-state index contributed by atoms with van der Waals surface area (Å²) in [5, 5.41) is 51.4. The monoisotopic (exact) mass is 1740 g/mol.